The predicted molar refractivity (Wildman–Crippen MR) is 83.4 cm³/mol. The second-order valence-corrected chi connectivity index (χ2v) is 6.90. The zero-order valence-corrected chi connectivity index (χ0v) is 14.2. The van der Waals surface area contributed by atoms with Gasteiger partial charge in [0.15, 0.2) is 0 Å². The standard InChI is InChI=1S/C15H19BrFN3O/c1-15(2,3)12(18-4)8-13-19-14(20-21-13)10-7-9(17)5-6-11(10)16/h5-7,12,18H,8H2,1-4H3. The van der Waals surface area contributed by atoms with Gasteiger partial charge < -0.3 is 9.84 Å². The van der Waals surface area contributed by atoms with Gasteiger partial charge >= 0.3 is 0 Å². The fourth-order valence-corrected chi connectivity index (χ4v) is 2.56. The topological polar surface area (TPSA) is 51.0 Å². The molecule has 4 nitrogen and oxygen atoms in total. The monoisotopic (exact) mass is 355 g/mol. The number of halogens is 2. The molecule has 2 aromatic rings. The number of likely N-dealkylation sites (N-methyl/N-ethyl adjacent to an activating group) is 1. The Morgan fingerprint density at radius 1 is 1.38 bits per heavy atom. The minimum Gasteiger partial charge on any atom is -0.339 e. The van der Waals surface area contributed by atoms with Gasteiger partial charge in [0, 0.05) is 22.5 Å². The second kappa shape index (κ2) is 6.23. The van der Waals surface area contributed by atoms with E-state index in [2.05, 4.69) is 52.2 Å². The summed E-state index contributed by atoms with van der Waals surface area (Å²) in [6.45, 7) is 6.44. The number of hydrogen-bond acceptors (Lipinski definition) is 4. The maximum atomic E-state index is 13.3. The molecule has 0 bridgehead atoms. The molecular weight excluding hydrogens is 337 g/mol. The van der Waals surface area contributed by atoms with E-state index in [1.807, 2.05) is 7.05 Å². The van der Waals surface area contributed by atoms with E-state index in [0.717, 1.165) is 4.47 Å². The highest BCUT2D eigenvalue weighted by atomic mass is 79.9. The van der Waals surface area contributed by atoms with Gasteiger partial charge in [-0.3, -0.25) is 0 Å². The number of rotatable bonds is 4. The molecule has 0 radical (unpaired) electrons. The Morgan fingerprint density at radius 3 is 2.71 bits per heavy atom. The van der Waals surface area contributed by atoms with Crippen LogP contribution in [0.4, 0.5) is 4.39 Å². The van der Waals surface area contributed by atoms with Crippen LogP contribution in [0, 0.1) is 11.2 Å². The highest BCUT2D eigenvalue weighted by molar-refractivity contribution is 9.10. The van der Waals surface area contributed by atoms with Gasteiger partial charge in [-0.2, -0.15) is 4.98 Å². The quantitative estimate of drug-likeness (QED) is 0.905. The van der Waals surface area contributed by atoms with Gasteiger partial charge in [-0.25, -0.2) is 4.39 Å². The Hall–Kier alpha value is -1.27. The van der Waals surface area contributed by atoms with Gasteiger partial charge in [0.25, 0.3) is 0 Å². The lowest BCUT2D eigenvalue weighted by Crippen LogP contribution is -2.39. The first kappa shape index (κ1) is 16.1. The smallest absolute Gasteiger partial charge is 0.228 e. The fourth-order valence-electron chi connectivity index (χ4n) is 2.13. The first-order chi connectivity index (χ1) is 9.81. The van der Waals surface area contributed by atoms with Crippen LogP contribution in [0.2, 0.25) is 0 Å². The maximum Gasteiger partial charge on any atom is 0.228 e. The van der Waals surface area contributed by atoms with Gasteiger partial charge in [0.1, 0.15) is 5.82 Å². The van der Waals surface area contributed by atoms with Crippen LogP contribution in [-0.2, 0) is 6.42 Å². The summed E-state index contributed by atoms with van der Waals surface area (Å²) in [6.07, 6.45) is 0.625. The Bertz CT molecular complexity index is 622. The molecule has 0 saturated carbocycles. The van der Waals surface area contributed by atoms with E-state index in [9.17, 15) is 4.39 Å². The largest absolute Gasteiger partial charge is 0.339 e. The summed E-state index contributed by atoms with van der Waals surface area (Å²) in [5, 5.41) is 7.21. The van der Waals surface area contributed by atoms with E-state index in [1.54, 1.807) is 6.07 Å². The Kier molecular flexibility index (Phi) is 4.78. The van der Waals surface area contributed by atoms with Crippen molar-refractivity contribution < 1.29 is 8.91 Å². The molecule has 1 aromatic heterocycles. The molecule has 2 rings (SSSR count). The van der Waals surface area contributed by atoms with Gasteiger partial charge in [-0.15, -0.1) is 0 Å². The summed E-state index contributed by atoms with van der Waals surface area (Å²) in [4.78, 5) is 4.37. The normalized spacial score (nSPS) is 13.4. The zero-order valence-electron chi connectivity index (χ0n) is 12.6. The minimum atomic E-state index is -0.331. The van der Waals surface area contributed by atoms with E-state index in [0.29, 0.717) is 23.7 Å². The first-order valence-corrected chi connectivity index (χ1v) is 7.56. The van der Waals surface area contributed by atoms with Crippen molar-refractivity contribution >= 4 is 15.9 Å². The molecule has 1 atom stereocenters. The van der Waals surface area contributed by atoms with Crippen LogP contribution in [0.5, 0.6) is 0 Å². The van der Waals surface area contributed by atoms with Crippen LogP contribution < -0.4 is 5.32 Å². The van der Waals surface area contributed by atoms with Crippen molar-refractivity contribution in [2.75, 3.05) is 7.05 Å². The van der Waals surface area contributed by atoms with Crippen LogP contribution in [0.15, 0.2) is 27.2 Å². The van der Waals surface area contributed by atoms with Crippen molar-refractivity contribution in [2.45, 2.75) is 33.2 Å². The molecule has 114 valence electrons. The van der Waals surface area contributed by atoms with Gasteiger partial charge in [0.2, 0.25) is 11.7 Å². The van der Waals surface area contributed by atoms with Crippen LogP contribution in [0.25, 0.3) is 11.4 Å². The maximum absolute atomic E-state index is 13.3. The predicted octanol–water partition coefficient (Wildman–Crippen LogP) is 3.81. The van der Waals surface area contributed by atoms with E-state index in [1.165, 1.54) is 12.1 Å². The molecule has 21 heavy (non-hydrogen) atoms. The van der Waals surface area contributed by atoms with Gasteiger partial charge in [-0.1, -0.05) is 41.9 Å². The molecule has 0 aliphatic rings. The van der Waals surface area contributed by atoms with E-state index in [-0.39, 0.29) is 17.3 Å². The van der Waals surface area contributed by atoms with Crippen molar-refractivity contribution in [3.63, 3.8) is 0 Å². The van der Waals surface area contributed by atoms with Gasteiger partial charge in [-0.05, 0) is 30.7 Å². The van der Waals surface area contributed by atoms with Crippen molar-refractivity contribution in [1.29, 1.82) is 0 Å². The average Bonchev–Trinajstić information content (AvgIpc) is 2.86. The first-order valence-electron chi connectivity index (χ1n) is 6.76. The van der Waals surface area contributed by atoms with Gasteiger partial charge in [0.05, 0.1) is 0 Å². The van der Waals surface area contributed by atoms with Crippen molar-refractivity contribution in [2.24, 2.45) is 5.41 Å². The molecule has 1 unspecified atom stereocenters. The van der Waals surface area contributed by atoms with E-state index < -0.39 is 0 Å². The molecule has 0 fully saturated rings. The third-order valence-corrected chi connectivity index (χ3v) is 4.10. The number of aromatic nitrogens is 2. The summed E-state index contributed by atoms with van der Waals surface area (Å²) < 4.78 is 19.4. The fraction of sp³-hybridized carbons (Fsp3) is 0.467. The second-order valence-electron chi connectivity index (χ2n) is 6.05. The molecule has 0 aliphatic heterocycles. The van der Waals surface area contributed by atoms with Crippen LogP contribution in [0.1, 0.15) is 26.7 Å². The highest BCUT2D eigenvalue weighted by Crippen LogP contribution is 2.28. The number of nitrogens with zero attached hydrogens (tertiary/aromatic N) is 2. The molecular formula is C15H19BrFN3O. The molecule has 0 saturated heterocycles. The SMILES string of the molecule is CNC(Cc1nc(-c2cc(F)ccc2Br)no1)C(C)(C)C. The molecule has 1 heterocycles. The number of hydrogen-bond donors (Lipinski definition) is 1. The molecule has 1 N–H and O–H groups in total. The van der Waals surface area contributed by atoms with Crippen LogP contribution in [-0.4, -0.2) is 23.2 Å². The lowest BCUT2D eigenvalue weighted by atomic mass is 9.85. The van der Waals surface area contributed by atoms with Crippen molar-refractivity contribution in [3.05, 3.63) is 34.4 Å². The lowest BCUT2D eigenvalue weighted by Gasteiger charge is -2.29. The summed E-state index contributed by atoms with van der Waals surface area (Å²) in [5.74, 6) is 0.595. The molecule has 0 amide bonds. The van der Waals surface area contributed by atoms with Crippen LogP contribution >= 0.6 is 15.9 Å². The Labute approximate surface area is 132 Å². The lowest BCUT2D eigenvalue weighted by molar-refractivity contribution is 0.255. The van der Waals surface area contributed by atoms with Crippen molar-refractivity contribution in [3.8, 4) is 11.4 Å². The van der Waals surface area contributed by atoms with E-state index >= 15 is 0 Å². The minimum absolute atomic E-state index is 0.0722. The number of benzene rings is 1. The van der Waals surface area contributed by atoms with E-state index in [4.69, 9.17) is 4.52 Å². The average molecular weight is 356 g/mol. The third-order valence-electron chi connectivity index (χ3n) is 3.41. The highest BCUT2D eigenvalue weighted by Gasteiger charge is 2.25. The summed E-state index contributed by atoms with van der Waals surface area (Å²) in [6, 6.07) is 4.61. The Morgan fingerprint density at radius 2 is 2.10 bits per heavy atom. The third kappa shape index (κ3) is 3.89. The molecule has 0 aliphatic carbocycles. The summed E-state index contributed by atoms with van der Waals surface area (Å²) in [5.41, 5.74) is 0.657. The summed E-state index contributed by atoms with van der Waals surface area (Å²) >= 11 is 3.37. The molecule has 1 aromatic carbocycles. The van der Waals surface area contributed by atoms with Crippen LogP contribution in [0.3, 0.4) is 0 Å². The molecule has 0 spiro atoms. The van der Waals surface area contributed by atoms with Crippen molar-refractivity contribution in [1.82, 2.24) is 15.5 Å². The Balaban J connectivity index is 2.24. The molecule has 6 heteroatoms. The summed E-state index contributed by atoms with van der Waals surface area (Å²) in [7, 11) is 1.91. The number of nitrogens with one attached hydrogen (secondary N) is 1. The zero-order chi connectivity index (χ0) is 15.6.